The molecular weight excluding hydrogens is 385 g/mol. The van der Waals surface area contributed by atoms with Crippen molar-refractivity contribution in [2.45, 2.75) is 19.4 Å². The van der Waals surface area contributed by atoms with E-state index in [2.05, 4.69) is 4.72 Å². The first-order valence-electron chi connectivity index (χ1n) is 8.57. The zero-order chi connectivity index (χ0) is 20.9. The van der Waals surface area contributed by atoms with Gasteiger partial charge in [-0.25, -0.2) is 12.8 Å². The van der Waals surface area contributed by atoms with Crippen molar-refractivity contribution in [1.82, 2.24) is 4.90 Å². The predicted molar refractivity (Wildman–Crippen MR) is 105 cm³/mol. The standard InChI is InChI=1S/C19H22FN3O4S/c1-3-10-28(26,27)22-16-9-5-7-14(12-16)19(25)23(2)17(18(21)24)13-6-4-8-15(20)11-13/h4-9,11-12,17,22H,3,10H2,1-2H3,(H2,21,24). The Morgan fingerprint density at radius 1 is 1.18 bits per heavy atom. The molecule has 0 aliphatic heterocycles. The van der Waals surface area contributed by atoms with Crippen LogP contribution in [-0.2, 0) is 14.8 Å². The van der Waals surface area contributed by atoms with Gasteiger partial charge in [-0.2, -0.15) is 0 Å². The van der Waals surface area contributed by atoms with Gasteiger partial charge in [0.1, 0.15) is 11.9 Å². The lowest BCUT2D eigenvalue weighted by molar-refractivity contribution is -0.122. The summed E-state index contributed by atoms with van der Waals surface area (Å²) >= 11 is 0. The maximum Gasteiger partial charge on any atom is 0.254 e. The van der Waals surface area contributed by atoms with Gasteiger partial charge in [-0.1, -0.05) is 25.1 Å². The Kier molecular flexibility index (Phi) is 6.74. The molecule has 0 saturated heterocycles. The van der Waals surface area contributed by atoms with Gasteiger partial charge in [-0.05, 0) is 42.3 Å². The molecule has 0 fully saturated rings. The molecule has 0 spiro atoms. The van der Waals surface area contributed by atoms with Crippen LogP contribution in [0.2, 0.25) is 0 Å². The average molecular weight is 407 g/mol. The molecule has 28 heavy (non-hydrogen) atoms. The molecule has 2 aromatic carbocycles. The number of likely N-dealkylation sites (N-methyl/N-ethyl adjacent to an activating group) is 1. The van der Waals surface area contributed by atoms with Crippen LogP contribution >= 0.6 is 0 Å². The third-order valence-electron chi connectivity index (χ3n) is 4.00. The van der Waals surface area contributed by atoms with E-state index in [1.807, 2.05) is 0 Å². The summed E-state index contributed by atoms with van der Waals surface area (Å²) in [5.41, 5.74) is 6.06. The summed E-state index contributed by atoms with van der Waals surface area (Å²) in [5, 5.41) is 0. The van der Waals surface area contributed by atoms with E-state index in [9.17, 15) is 22.4 Å². The fourth-order valence-corrected chi connectivity index (χ4v) is 3.92. The van der Waals surface area contributed by atoms with E-state index < -0.39 is 33.7 Å². The van der Waals surface area contributed by atoms with Crippen molar-refractivity contribution in [3.63, 3.8) is 0 Å². The number of nitrogens with zero attached hydrogens (tertiary/aromatic N) is 1. The van der Waals surface area contributed by atoms with Crippen LogP contribution in [0.3, 0.4) is 0 Å². The minimum Gasteiger partial charge on any atom is -0.368 e. The first kappa shape index (κ1) is 21.4. The number of nitrogens with two attached hydrogens (primary N) is 1. The van der Waals surface area contributed by atoms with Gasteiger partial charge in [-0.15, -0.1) is 0 Å². The lowest BCUT2D eigenvalue weighted by Crippen LogP contribution is -2.39. The van der Waals surface area contributed by atoms with Crippen LogP contribution in [0.15, 0.2) is 48.5 Å². The Hall–Kier alpha value is -2.94. The summed E-state index contributed by atoms with van der Waals surface area (Å²) in [6.07, 6.45) is 0.449. The predicted octanol–water partition coefficient (Wildman–Crippen LogP) is 2.28. The van der Waals surface area contributed by atoms with E-state index in [0.29, 0.717) is 6.42 Å². The Morgan fingerprint density at radius 3 is 2.46 bits per heavy atom. The first-order valence-corrected chi connectivity index (χ1v) is 10.2. The smallest absolute Gasteiger partial charge is 0.254 e. The second-order valence-corrected chi connectivity index (χ2v) is 8.12. The number of hydrogen-bond acceptors (Lipinski definition) is 4. The number of carbonyl (C=O) groups is 2. The monoisotopic (exact) mass is 407 g/mol. The van der Waals surface area contributed by atoms with Gasteiger partial charge in [-0.3, -0.25) is 14.3 Å². The zero-order valence-corrected chi connectivity index (χ0v) is 16.4. The molecule has 0 aliphatic carbocycles. The number of carbonyl (C=O) groups excluding carboxylic acids is 2. The Balaban J connectivity index is 2.31. The van der Waals surface area contributed by atoms with E-state index >= 15 is 0 Å². The van der Waals surface area contributed by atoms with Gasteiger partial charge < -0.3 is 10.6 Å². The van der Waals surface area contributed by atoms with Gasteiger partial charge in [0, 0.05) is 18.3 Å². The van der Waals surface area contributed by atoms with Crippen molar-refractivity contribution in [3.8, 4) is 0 Å². The normalized spacial score (nSPS) is 12.2. The summed E-state index contributed by atoms with van der Waals surface area (Å²) in [6, 6.07) is 9.98. The van der Waals surface area contributed by atoms with Gasteiger partial charge in [0.15, 0.2) is 0 Å². The van der Waals surface area contributed by atoms with Crippen molar-refractivity contribution in [1.29, 1.82) is 0 Å². The van der Waals surface area contributed by atoms with Crippen molar-refractivity contribution < 1.29 is 22.4 Å². The van der Waals surface area contributed by atoms with Crippen molar-refractivity contribution in [3.05, 3.63) is 65.5 Å². The molecule has 0 radical (unpaired) electrons. The van der Waals surface area contributed by atoms with E-state index in [0.717, 1.165) is 11.0 Å². The molecule has 9 heteroatoms. The van der Waals surface area contributed by atoms with E-state index in [4.69, 9.17) is 5.73 Å². The molecule has 0 saturated carbocycles. The zero-order valence-electron chi connectivity index (χ0n) is 15.6. The molecule has 0 aliphatic rings. The fraction of sp³-hybridized carbons (Fsp3) is 0.263. The quantitative estimate of drug-likeness (QED) is 0.699. The van der Waals surface area contributed by atoms with Crippen LogP contribution in [0.1, 0.15) is 35.3 Å². The third kappa shape index (κ3) is 5.29. The van der Waals surface area contributed by atoms with Crippen LogP contribution in [0, 0.1) is 5.82 Å². The van der Waals surface area contributed by atoms with Crippen LogP contribution in [0.25, 0.3) is 0 Å². The van der Waals surface area contributed by atoms with Crippen molar-refractivity contribution >= 4 is 27.5 Å². The van der Waals surface area contributed by atoms with Crippen LogP contribution in [0.4, 0.5) is 10.1 Å². The summed E-state index contributed by atoms with van der Waals surface area (Å²) in [6.45, 7) is 1.74. The summed E-state index contributed by atoms with van der Waals surface area (Å²) < 4.78 is 39.8. The number of primary amides is 1. The largest absolute Gasteiger partial charge is 0.368 e. The van der Waals surface area contributed by atoms with Crippen molar-refractivity contribution in [2.24, 2.45) is 5.73 Å². The molecule has 3 N–H and O–H groups in total. The SMILES string of the molecule is CCCS(=O)(=O)Nc1cccc(C(=O)N(C)C(C(N)=O)c2cccc(F)c2)c1. The topological polar surface area (TPSA) is 110 Å². The van der Waals surface area contributed by atoms with Crippen LogP contribution < -0.4 is 10.5 Å². The highest BCUT2D eigenvalue weighted by molar-refractivity contribution is 7.92. The van der Waals surface area contributed by atoms with Crippen molar-refractivity contribution in [2.75, 3.05) is 17.5 Å². The lowest BCUT2D eigenvalue weighted by Gasteiger charge is -2.26. The Bertz CT molecular complexity index is 979. The molecule has 150 valence electrons. The van der Waals surface area contributed by atoms with Gasteiger partial charge in [0.2, 0.25) is 15.9 Å². The minimum absolute atomic E-state index is 0.0472. The first-order chi connectivity index (χ1) is 13.1. The molecule has 1 atom stereocenters. The highest BCUT2D eigenvalue weighted by Gasteiger charge is 2.28. The number of amides is 2. The minimum atomic E-state index is -3.52. The number of anilines is 1. The molecule has 2 aromatic rings. The van der Waals surface area contributed by atoms with E-state index in [1.54, 1.807) is 6.92 Å². The Morgan fingerprint density at radius 2 is 1.86 bits per heavy atom. The number of hydrogen-bond donors (Lipinski definition) is 2. The molecule has 0 aromatic heterocycles. The molecule has 0 heterocycles. The van der Waals surface area contributed by atoms with E-state index in [1.165, 1.54) is 49.5 Å². The molecular formula is C19H22FN3O4S. The highest BCUT2D eigenvalue weighted by atomic mass is 32.2. The summed E-state index contributed by atoms with van der Waals surface area (Å²) in [7, 11) is -2.14. The summed E-state index contributed by atoms with van der Waals surface area (Å²) in [4.78, 5) is 25.9. The number of benzene rings is 2. The molecule has 0 bridgehead atoms. The maximum atomic E-state index is 13.5. The van der Waals surface area contributed by atoms with Crippen LogP contribution in [0.5, 0.6) is 0 Å². The number of nitrogens with one attached hydrogen (secondary N) is 1. The molecule has 2 amide bonds. The molecule has 2 rings (SSSR count). The summed E-state index contributed by atoms with van der Waals surface area (Å²) in [5.74, 6) is -1.99. The second kappa shape index (κ2) is 8.83. The van der Waals surface area contributed by atoms with Gasteiger partial charge >= 0.3 is 0 Å². The fourth-order valence-electron chi connectivity index (χ4n) is 2.79. The van der Waals surface area contributed by atoms with Gasteiger partial charge in [0.25, 0.3) is 5.91 Å². The molecule has 1 unspecified atom stereocenters. The highest BCUT2D eigenvalue weighted by Crippen LogP contribution is 2.23. The Labute approximate surface area is 163 Å². The number of sulfonamides is 1. The lowest BCUT2D eigenvalue weighted by atomic mass is 10.0. The average Bonchev–Trinajstić information content (AvgIpc) is 2.60. The molecule has 7 nitrogen and oxygen atoms in total. The van der Waals surface area contributed by atoms with E-state index in [-0.39, 0.29) is 22.6 Å². The third-order valence-corrected chi connectivity index (χ3v) is 5.49. The second-order valence-electron chi connectivity index (χ2n) is 6.28. The maximum absolute atomic E-state index is 13.5. The number of rotatable bonds is 8. The number of halogens is 1. The van der Waals surface area contributed by atoms with Gasteiger partial charge in [0.05, 0.1) is 5.75 Å². The van der Waals surface area contributed by atoms with Crippen LogP contribution in [-0.4, -0.2) is 37.9 Å².